The molecule has 2 aliphatic heterocycles. The molecule has 0 spiro atoms. The maximum atomic E-state index is 13.8. The molecule has 0 atom stereocenters. The van der Waals surface area contributed by atoms with Gasteiger partial charge in [-0.25, -0.2) is 4.39 Å². The molecule has 2 saturated heterocycles. The number of piperazine rings is 1. The fourth-order valence-corrected chi connectivity index (χ4v) is 5.08. The summed E-state index contributed by atoms with van der Waals surface area (Å²) in [6, 6.07) is 4.60. The zero-order valence-electron chi connectivity index (χ0n) is 18.9. The molecule has 2 heterocycles. The molecule has 3 aliphatic rings. The Kier molecular flexibility index (Phi) is 7.84. The van der Waals surface area contributed by atoms with Gasteiger partial charge in [0.15, 0.2) is 5.96 Å². The minimum Gasteiger partial charge on any atom is -0.506 e. The molecule has 1 aliphatic carbocycles. The summed E-state index contributed by atoms with van der Waals surface area (Å²) < 4.78 is 13.8. The Hall–Kier alpha value is -2.35. The number of nitrogens with one attached hydrogen (secondary N) is 1. The minimum absolute atomic E-state index is 0.00241. The lowest BCUT2D eigenvalue weighted by Gasteiger charge is -2.41. The van der Waals surface area contributed by atoms with Gasteiger partial charge < -0.3 is 20.2 Å². The number of hydrogen-bond acceptors (Lipinski definition) is 4. The van der Waals surface area contributed by atoms with E-state index in [1.807, 2.05) is 4.90 Å². The third kappa shape index (κ3) is 5.91. The van der Waals surface area contributed by atoms with Crippen LogP contribution in [0.2, 0.25) is 0 Å². The first-order valence-electron chi connectivity index (χ1n) is 12.2. The summed E-state index contributed by atoms with van der Waals surface area (Å²) >= 11 is 0. The molecule has 1 aromatic carbocycles. The van der Waals surface area contributed by atoms with Crippen molar-refractivity contribution in [2.24, 2.45) is 4.99 Å². The SMILES string of the molecule is O=C1CCCN1CCCN=C(Nc1cc(F)ccc1O)N1CCN(C2CCCCC2)CC1. The highest BCUT2D eigenvalue weighted by Gasteiger charge is 2.27. The number of benzene rings is 1. The van der Waals surface area contributed by atoms with Crippen LogP contribution in [0.5, 0.6) is 5.75 Å². The molecule has 176 valence electrons. The highest BCUT2D eigenvalue weighted by atomic mass is 19.1. The van der Waals surface area contributed by atoms with Crippen LogP contribution < -0.4 is 5.32 Å². The van der Waals surface area contributed by atoms with E-state index in [-0.39, 0.29) is 11.7 Å². The number of likely N-dealkylation sites (tertiary alicyclic amines) is 1. The Balaban J connectivity index is 1.38. The zero-order valence-corrected chi connectivity index (χ0v) is 18.9. The minimum atomic E-state index is -0.403. The lowest BCUT2D eigenvalue weighted by atomic mass is 9.94. The highest BCUT2D eigenvalue weighted by molar-refractivity contribution is 5.95. The standard InChI is InChI=1S/C24H36FN5O2/c25-19-9-10-22(31)21(18-19)27-24(26-11-5-13-29-12-4-8-23(29)32)30-16-14-28(15-17-30)20-6-2-1-3-7-20/h9-10,18,20,31H,1-8,11-17H2,(H,26,27). The number of anilines is 1. The van der Waals surface area contributed by atoms with Crippen LogP contribution in [0.3, 0.4) is 0 Å². The second kappa shape index (κ2) is 11.0. The number of carbonyl (C=O) groups excluding carboxylic acids is 1. The normalized spacial score (nSPS) is 21.4. The van der Waals surface area contributed by atoms with Crippen molar-refractivity contribution in [3.8, 4) is 5.75 Å². The zero-order chi connectivity index (χ0) is 22.3. The number of halogens is 1. The first-order chi connectivity index (χ1) is 15.6. The van der Waals surface area contributed by atoms with Gasteiger partial charge in [-0.05, 0) is 37.8 Å². The number of phenolic OH excluding ortho intramolecular Hbond substituents is 1. The van der Waals surface area contributed by atoms with Crippen molar-refractivity contribution in [2.75, 3.05) is 51.1 Å². The van der Waals surface area contributed by atoms with Gasteiger partial charge in [-0.1, -0.05) is 19.3 Å². The van der Waals surface area contributed by atoms with Crippen LogP contribution in [0.4, 0.5) is 10.1 Å². The van der Waals surface area contributed by atoms with E-state index in [0.717, 1.165) is 52.1 Å². The molecule has 1 aromatic rings. The van der Waals surface area contributed by atoms with Gasteiger partial charge in [0.25, 0.3) is 0 Å². The molecule has 2 N–H and O–H groups in total. The molecule has 0 bridgehead atoms. The average Bonchev–Trinajstić information content (AvgIpc) is 3.23. The molecule has 1 amide bonds. The second-order valence-corrected chi connectivity index (χ2v) is 9.14. The molecule has 4 rings (SSSR count). The topological polar surface area (TPSA) is 71.4 Å². The van der Waals surface area contributed by atoms with Gasteiger partial charge in [-0.3, -0.25) is 14.7 Å². The monoisotopic (exact) mass is 445 g/mol. The second-order valence-electron chi connectivity index (χ2n) is 9.14. The van der Waals surface area contributed by atoms with Crippen molar-refractivity contribution < 1.29 is 14.3 Å². The summed E-state index contributed by atoms with van der Waals surface area (Å²) in [7, 11) is 0. The number of rotatable bonds is 6. The summed E-state index contributed by atoms with van der Waals surface area (Å²) in [4.78, 5) is 23.3. The molecule has 8 heteroatoms. The number of hydrogen-bond donors (Lipinski definition) is 2. The Labute approximate surface area is 190 Å². The van der Waals surface area contributed by atoms with Crippen LogP contribution in [0.25, 0.3) is 0 Å². The van der Waals surface area contributed by atoms with Crippen LogP contribution >= 0.6 is 0 Å². The van der Waals surface area contributed by atoms with Crippen molar-refractivity contribution in [3.05, 3.63) is 24.0 Å². The van der Waals surface area contributed by atoms with Crippen LogP contribution in [0.15, 0.2) is 23.2 Å². The molecule has 3 fully saturated rings. The van der Waals surface area contributed by atoms with Gasteiger partial charge in [0, 0.05) is 64.3 Å². The van der Waals surface area contributed by atoms with Gasteiger partial charge in [0.1, 0.15) is 11.6 Å². The molecule has 0 radical (unpaired) electrons. The quantitative estimate of drug-likeness (QED) is 0.304. The maximum absolute atomic E-state index is 13.8. The van der Waals surface area contributed by atoms with Crippen molar-refractivity contribution >= 4 is 17.6 Å². The number of nitrogens with zero attached hydrogens (tertiary/aromatic N) is 4. The fraction of sp³-hybridized carbons (Fsp3) is 0.667. The Bertz CT molecular complexity index is 804. The third-order valence-corrected chi connectivity index (χ3v) is 6.93. The Morgan fingerprint density at radius 3 is 2.59 bits per heavy atom. The lowest BCUT2D eigenvalue weighted by Crippen LogP contribution is -2.53. The number of aromatic hydroxyl groups is 1. The molecule has 7 nitrogen and oxygen atoms in total. The summed E-state index contributed by atoms with van der Waals surface area (Å²) in [5.74, 6) is 0.500. The predicted octanol–water partition coefficient (Wildman–Crippen LogP) is 3.26. The van der Waals surface area contributed by atoms with Crippen LogP contribution in [-0.2, 0) is 4.79 Å². The van der Waals surface area contributed by atoms with Gasteiger partial charge in [-0.2, -0.15) is 0 Å². The summed E-state index contributed by atoms with van der Waals surface area (Å²) in [6.45, 7) is 5.81. The van der Waals surface area contributed by atoms with E-state index in [4.69, 9.17) is 4.99 Å². The van der Waals surface area contributed by atoms with Crippen LogP contribution in [-0.4, -0.2) is 83.5 Å². The molecule has 32 heavy (non-hydrogen) atoms. The molecule has 1 saturated carbocycles. The average molecular weight is 446 g/mol. The number of phenols is 1. The highest BCUT2D eigenvalue weighted by Crippen LogP contribution is 2.26. The van der Waals surface area contributed by atoms with Crippen molar-refractivity contribution in [1.82, 2.24) is 14.7 Å². The van der Waals surface area contributed by atoms with E-state index in [1.54, 1.807) is 0 Å². The van der Waals surface area contributed by atoms with E-state index < -0.39 is 5.82 Å². The first kappa shape index (κ1) is 22.8. The van der Waals surface area contributed by atoms with E-state index in [9.17, 15) is 14.3 Å². The van der Waals surface area contributed by atoms with Gasteiger partial charge in [0.2, 0.25) is 5.91 Å². The van der Waals surface area contributed by atoms with Crippen molar-refractivity contribution in [2.45, 2.75) is 57.4 Å². The van der Waals surface area contributed by atoms with Gasteiger partial charge >= 0.3 is 0 Å². The molecule has 0 aromatic heterocycles. The molecular weight excluding hydrogens is 409 g/mol. The molecular formula is C24H36FN5O2. The van der Waals surface area contributed by atoms with E-state index in [0.29, 0.717) is 30.7 Å². The van der Waals surface area contributed by atoms with Crippen LogP contribution in [0.1, 0.15) is 51.4 Å². The van der Waals surface area contributed by atoms with E-state index in [2.05, 4.69) is 15.1 Å². The van der Waals surface area contributed by atoms with Crippen LogP contribution in [0, 0.1) is 5.82 Å². The number of guanidine groups is 1. The summed E-state index contributed by atoms with van der Waals surface area (Å²) in [5, 5.41) is 13.4. The molecule has 0 unspecified atom stereocenters. The van der Waals surface area contributed by atoms with Crippen molar-refractivity contribution in [1.29, 1.82) is 0 Å². The summed E-state index contributed by atoms with van der Waals surface area (Å²) in [5.41, 5.74) is 0.327. The van der Waals surface area contributed by atoms with Gasteiger partial charge in [-0.15, -0.1) is 0 Å². The van der Waals surface area contributed by atoms with Crippen molar-refractivity contribution in [3.63, 3.8) is 0 Å². The van der Waals surface area contributed by atoms with Gasteiger partial charge in [0.05, 0.1) is 5.69 Å². The fourth-order valence-electron chi connectivity index (χ4n) is 5.08. The smallest absolute Gasteiger partial charge is 0.222 e. The van der Waals surface area contributed by atoms with E-state index >= 15 is 0 Å². The van der Waals surface area contributed by atoms with E-state index in [1.165, 1.54) is 50.3 Å². The lowest BCUT2D eigenvalue weighted by molar-refractivity contribution is -0.127. The third-order valence-electron chi connectivity index (χ3n) is 6.93. The largest absolute Gasteiger partial charge is 0.506 e. The number of carbonyl (C=O) groups is 1. The Morgan fingerprint density at radius 2 is 1.88 bits per heavy atom. The number of aliphatic imine (C=N–C) groups is 1. The first-order valence-corrected chi connectivity index (χ1v) is 12.2. The maximum Gasteiger partial charge on any atom is 0.222 e. The summed E-state index contributed by atoms with van der Waals surface area (Å²) in [6.07, 6.45) is 9.00. The number of amides is 1. The Morgan fingerprint density at radius 1 is 1.09 bits per heavy atom. The predicted molar refractivity (Wildman–Crippen MR) is 124 cm³/mol.